The molecule has 0 atom stereocenters. The standard InChI is InChI=1S/C16H16BrNO2S/c1-20-12-4-2-3-11(9-12)7-8-18-16(19)14-10-13(21)5-6-15(14)17/h2-6,9-10,21H,7-8H2,1H3,(H,18,19). The second-order valence-corrected chi connectivity index (χ2v) is 5.89. The van der Waals surface area contributed by atoms with Gasteiger partial charge in [0.1, 0.15) is 5.75 Å². The highest BCUT2D eigenvalue weighted by Gasteiger charge is 2.09. The number of methoxy groups -OCH3 is 1. The van der Waals surface area contributed by atoms with E-state index in [4.69, 9.17) is 4.74 Å². The van der Waals surface area contributed by atoms with Crippen molar-refractivity contribution in [2.75, 3.05) is 13.7 Å². The van der Waals surface area contributed by atoms with E-state index < -0.39 is 0 Å². The third-order valence-electron chi connectivity index (χ3n) is 3.03. The number of ether oxygens (including phenoxy) is 1. The Bertz CT molecular complexity index is 646. The molecule has 0 radical (unpaired) electrons. The normalized spacial score (nSPS) is 10.2. The van der Waals surface area contributed by atoms with Crippen molar-refractivity contribution in [3.05, 3.63) is 58.1 Å². The first-order chi connectivity index (χ1) is 10.1. The molecule has 0 saturated heterocycles. The molecule has 0 aliphatic heterocycles. The fraction of sp³-hybridized carbons (Fsp3) is 0.188. The summed E-state index contributed by atoms with van der Waals surface area (Å²) in [6.07, 6.45) is 0.751. The molecule has 0 spiro atoms. The van der Waals surface area contributed by atoms with Crippen LogP contribution in [-0.2, 0) is 6.42 Å². The van der Waals surface area contributed by atoms with Gasteiger partial charge in [0.05, 0.1) is 12.7 Å². The van der Waals surface area contributed by atoms with Gasteiger partial charge in [0.2, 0.25) is 0 Å². The summed E-state index contributed by atoms with van der Waals surface area (Å²) in [5, 5.41) is 2.91. The molecule has 0 aliphatic carbocycles. The Morgan fingerprint density at radius 1 is 1.29 bits per heavy atom. The fourth-order valence-corrected chi connectivity index (χ4v) is 2.56. The largest absolute Gasteiger partial charge is 0.497 e. The van der Waals surface area contributed by atoms with Crippen LogP contribution in [0.2, 0.25) is 0 Å². The van der Waals surface area contributed by atoms with Gasteiger partial charge in [0.25, 0.3) is 5.91 Å². The average molecular weight is 366 g/mol. The Balaban J connectivity index is 1.93. The van der Waals surface area contributed by atoms with Gasteiger partial charge < -0.3 is 10.1 Å². The molecule has 2 rings (SSSR count). The Morgan fingerprint density at radius 3 is 2.86 bits per heavy atom. The number of carbonyl (C=O) groups is 1. The summed E-state index contributed by atoms with van der Waals surface area (Å²) in [6.45, 7) is 0.565. The van der Waals surface area contributed by atoms with Crippen LogP contribution in [0, 0.1) is 0 Å². The zero-order chi connectivity index (χ0) is 15.2. The predicted octanol–water partition coefficient (Wildman–Crippen LogP) is 3.72. The van der Waals surface area contributed by atoms with Gasteiger partial charge in [-0.2, -0.15) is 0 Å². The molecule has 1 amide bonds. The first-order valence-corrected chi connectivity index (χ1v) is 7.74. The zero-order valence-electron chi connectivity index (χ0n) is 11.6. The Hall–Kier alpha value is -1.46. The molecule has 0 bridgehead atoms. The van der Waals surface area contributed by atoms with Gasteiger partial charge in [-0.05, 0) is 58.2 Å². The summed E-state index contributed by atoms with van der Waals surface area (Å²) < 4.78 is 5.94. The molecule has 0 heterocycles. The van der Waals surface area contributed by atoms with Crippen LogP contribution in [0.3, 0.4) is 0 Å². The van der Waals surface area contributed by atoms with Crippen LogP contribution < -0.4 is 10.1 Å². The van der Waals surface area contributed by atoms with Crippen LogP contribution in [0.15, 0.2) is 51.8 Å². The van der Waals surface area contributed by atoms with Crippen molar-refractivity contribution >= 4 is 34.5 Å². The number of rotatable bonds is 5. The van der Waals surface area contributed by atoms with Crippen LogP contribution in [-0.4, -0.2) is 19.6 Å². The second kappa shape index (κ2) is 7.52. The number of carbonyl (C=O) groups excluding carboxylic acids is 1. The van der Waals surface area contributed by atoms with Crippen molar-refractivity contribution in [1.29, 1.82) is 0 Å². The number of benzene rings is 2. The number of thiol groups is 1. The first-order valence-electron chi connectivity index (χ1n) is 6.50. The van der Waals surface area contributed by atoms with E-state index in [-0.39, 0.29) is 5.91 Å². The monoisotopic (exact) mass is 365 g/mol. The lowest BCUT2D eigenvalue weighted by Crippen LogP contribution is -2.26. The van der Waals surface area contributed by atoms with Crippen molar-refractivity contribution in [3.8, 4) is 5.75 Å². The highest BCUT2D eigenvalue weighted by atomic mass is 79.9. The lowest BCUT2D eigenvalue weighted by atomic mass is 10.1. The molecule has 2 aromatic carbocycles. The van der Waals surface area contributed by atoms with Crippen LogP contribution >= 0.6 is 28.6 Å². The van der Waals surface area contributed by atoms with Gasteiger partial charge in [0.15, 0.2) is 0 Å². The van der Waals surface area contributed by atoms with E-state index in [0.717, 1.165) is 27.1 Å². The molecule has 21 heavy (non-hydrogen) atoms. The maximum Gasteiger partial charge on any atom is 0.252 e. The average Bonchev–Trinajstić information content (AvgIpc) is 2.49. The smallest absolute Gasteiger partial charge is 0.252 e. The van der Waals surface area contributed by atoms with E-state index in [9.17, 15) is 4.79 Å². The fourth-order valence-electron chi connectivity index (χ4n) is 1.93. The molecule has 2 aromatic rings. The van der Waals surface area contributed by atoms with E-state index in [0.29, 0.717) is 12.1 Å². The Kier molecular flexibility index (Phi) is 5.70. The highest BCUT2D eigenvalue weighted by molar-refractivity contribution is 9.10. The highest BCUT2D eigenvalue weighted by Crippen LogP contribution is 2.20. The van der Waals surface area contributed by atoms with Crippen molar-refractivity contribution < 1.29 is 9.53 Å². The summed E-state index contributed by atoms with van der Waals surface area (Å²) >= 11 is 7.63. The van der Waals surface area contributed by atoms with Crippen molar-refractivity contribution in [2.24, 2.45) is 0 Å². The number of hydrogen-bond acceptors (Lipinski definition) is 3. The molecule has 3 nitrogen and oxygen atoms in total. The van der Waals surface area contributed by atoms with Crippen LogP contribution in [0.4, 0.5) is 0 Å². The number of hydrogen-bond donors (Lipinski definition) is 2. The summed E-state index contributed by atoms with van der Waals surface area (Å²) in [6, 6.07) is 13.2. The van der Waals surface area contributed by atoms with Crippen LogP contribution in [0.1, 0.15) is 15.9 Å². The summed E-state index contributed by atoms with van der Waals surface area (Å²) in [7, 11) is 1.64. The second-order valence-electron chi connectivity index (χ2n) is 4.52. The van der Waals surface area contributed by atoms with Gasteiger partial charge in [-0.1, -0.05) is 12.1 Å². The maximum atomic E-state index is 12.1. The molecular formula is C16H16BrNO2S. The van der Waals surface area contributed by atoms with Crippen LogP contribution in [0.5, 0.6) is 5.75 Å². The first kappa shape index (κ1) is 15.9. The Labute approximate surface area is 138 Å². The molecular weight excluding hydrogens is 350 g/mol. The van der Waals surface area contributed by atoms with Crippen molar-refractivity contribution in [2.45, 2.75) is 11.3 Å². The van der Waals surface area contributed by atoms with Gasteiger partial charge in [0, 0.05) is 15.9 Å². The van der Waals surface area contributed by atoms with Gasteiger partial charge >= 0.3 is 0 Å². The minimum absolute atomic E-state index is 0.110. The van der Waals surface area contributed by atoms with Crippen molar-refractivity contribution in [3.63, 3.8) is 0 Å². The molecule has 0 saturated carbocycles. The summed E-state index contributed by atoms with van der Waals surface area (Å²) in [4.78, 5) is 12.9. The molecule has 1 N–H and O–H groups in total. The molecule has 0 fully saturated rings. The minimum atomic E-state index is -0.110. The van der Waals surface area contributed by atoms with Crippen LogP contribution in [0.25, 0.3) is 0 Å². The maximum absolute atomic E-state index is 12.1. The molecule has 110 valence electrons. The van der Waals surface area contributed by atoms with Gasteiger partial charge in [-0.3, -0.25) is 4.79 Å². The Morgan fingerprint density at radius 2 is 2.10 bits per heavy atom. The van der Waals surface area contributed by atoms with Crippen molar-refractivity contribution in [1.82, 2.24) is 5.32 Å². The topological polar surface area (TPSA) is 38.3 Å². The summed E-state index contributed by atoms with van der Waals surface area (Å²) in [5.74, 6) is 0.713. The molecule has 0 aromatic heterocycles. The lowest BCUT2D eigenvalue weighted by Gasteiger charge is -2.08. The van der Waals surface area contributed by atoms with E-state index in [1.165, 1.54) is 0 Å². The minimum Gasteiger partial charge on any atom is -0.497 e. The van der Waals surface area contributed by atoms with Gasteiger partial charge in [-0.25, -0.2) is 0 Å². The SMILES string of the molecule is COc1cccc(CCNC(=O)c2cc(S)ccc2Br)c1. The number of nitrogens with one attached hydrogen (secondary N) is 1. The molecule has 5 heteroatoms. The van der Waals surface area contributed by atoms with E-state index in [1.807, 2.05) is 36.4 Å². The molecule has 0 unspecified atom stereocenters. The summed E-state index contributed by atoms with van der Waals surface area (Å²) in [5.41, 5.74) is 1.71. The van der Waals surface area contributed by atoms with E-state index in [1.54, 1.807) is 13.2 Å². The zero-order valence-corrected chi connectivity index (χ0v) is 14.1. The lowest BCUT2D eigenvalue weighted by molar-refractivity contribution is 0.0953. The number of amides is 1. The molecule has 0 aliphatic rings. The third kappa shape index (κ3) is 4.51. The van der Waals surface area contributed by atoms with Gasteiger partial charge in [-0.15, -0.1) is 12.6 Å². The van der Waals surface area contributed by atoms with E-state index >= 15 is 0 Å². The quantitative estimate of drug-likeness (QED) is 0.792. The predicted molar refractivity (Wildman–Crippen MR) is 90.4 cm³/mol. The van der Waals surface area contributed by atoms with E-state index in [2.05, 4.69) is 33.9 Å². The number of halogens is 1. The third-order valence-corrected chi connectivity index (χ3v) is 4.00.